The maximum atomic E-state index is 12.5. The summed E-state index contributed by atoms with van der Waals surface area (Å²) in [6, 6.07) is 0.155. The van der Waals surface area contributed by atoms with Crippen molar-refractivity contribution in [2.75, 3.05) is 0 Å². The van der Waals surface area contributed by atoms with Crippen molar-refractivity contribution >= 4 is 11.9 Å². The van der Waals surface area contributed by atoms with Crippen molar-refractivity contribution in [1.29, 1.82) is 0 Å². The average Bonchev–Trinajstić information content (AvgIpc) is 2.76. The third-order valence-electron chi connectivity index (χ3n) is 5.28. The first-order valence-electron chi connectivity index (χ1n) is 7.89. The molecule has 2 saturated carbocycles. The van der Waals surface area contributed by atoms with Crippen LogP contribution in [0.3, 0.4) is 0 Å². The maximum absolute atomic E-state index is 12.5. The molecule has 4 nitrogen and oxygen atoms in total. The van der Waals surface area contributed by atoms with Crippen LogP contribution in [0, 0.1) is 28.1 Å². The van der Waals surface area contributed by atoms with Crippen LogP contribution in [0.2, 0.25) is 0 Å². The highest BCUT2D eigenvalue weighted by Crippen LogP contribution is 2.58. The summed E-state index contributed by atoms with van der Waals surface area (Å²) in [5.41, 5.74) is 0.00550. The standard InChI is InChI=1S/C17H29NO3/c1-15(2)7-10(8-16(3,4)9-15)18-13(19)11-12(14(20)21)17(11,5)6/h10-12H,7-9H2,1-6H3,(H,18,19)(H,20,21)/t11-,12+/m1/s1. The molecule has 0 aliphatic heterocycles. The molecule has 0 aromatic rings. The number of carbonyl (C=O) groups is 2. The fourth-order valence-electron chi connectivity index (χ4n) is 4.83. The van der Waals surface area contributed by atoms with E-state index < -0.39 is 17.3 Å². The molecule has 21 heavy (non-hydrogen) atoms. The molecule has 0 heterocycles. The molecule has 2 atom stereocenters. The molecular formula is C17H29NO3. The van der Waals surface area contributed by atoms with Crippen molar-refractivity contribution in [3.63, 3.8) is 0 Å². The zero-order valence-corrected chi connectivity index (χ0v) is 14.1. The summed E-state index contributed by atoms with van der Waals surface area (Å²) in [5, 5.41) is 12.3. The van der Waals surface area contributed by atoms with E-state index in [0.29, 0.717) is 0 Å². The number of rotatable bonds is 3. The van der Waals surface area contributed by atoms with Gasteiger partial charge in [0.05, 0.1) is 11.8 Å². The first-order chi connectivity index (χ1) is 9.36. The summed E-state index contributed by atoms with van der Waals surface area (Å²) in [6.45, 7) is 12.7. The Morgan fingerprint density at radius 2 is 1.43 bits per heavy atom. The SMILES string of the molecule is CC1(C)CC(NC(=O)[C@H]2[C@@H](C(=O)O)C2(C)C)CC(C)(C)C1. The van der Waals surface area contributed by atoms with Crippen LogP contribution in [0.1, 0.15) is 60.8 Å². The van der Waals surface area contributed by atoms with E-state index in [0.717, 1.165) is 19.3 Å². The van der Waals surface area contributed by atoms with Gasteiger partial charge in [0.1, 0.15) is 0 Å². The number of hydrogen-bond acceptors (Lipinski definition) is 2. The zero-order chi connectivity index (χ0) is 16.2. The summed E-state index contributed by atoms with van der Waals surface area (Å²) in [7, 11) is 0. The van der Waals surface area contributed by atoms with Crippen LogP contribution in [0.15, 0.2) is 0 Å². The molecular weight excluding hydrogens is 266 g/mol. The molecule has 0 saturated heterocycles. The third-order valence-corrected chi connectivity index (χ3v) is 5.28. The molecule has 0 unspecified atom stereocenters. The van der Waals surface area contributed by atoms with Crippen LogP contribution in [0.4, 0.5) is 0 Å². The molecule has 0 radical (unpaired) electrons. The van der Waals surface area contributed by atoms with Gasteiger partial charge in [-0.05, 0) is 35.5 Å². The minimum atomic E-state index is -0.857. The summed E-state index contributed by atoms with van der Waals surface area (Å²) < 4.78 is 0. The molecule has 2 N–H and O–H groups in total. The van der Waals surface area contributed by atoms with Crippen molar-refractivity contribution in [2.45, 2.75) is 66.8 Å². The molecule has 120 valence electrons. The van der Waals surface area contributed by atoms with Gasteiger partial charge in [-0.1, -0.05) is 41.5 Å². The molecule has 2 rings (SSSR count). The topological polar surface area (TPSA) is 66.4 Å². The van der Waals surface area contributed by atoms with Crippen LogP contribution in [0.25, 0.3) is 0 Å². The molecule has 0 aromatic heterocycles. The highest BCUT2D eigenvalue weighted by molar-refractivity contribution is 5.91. The van der Waals surface area contributed by atoms with E-state index in [1.165, 1.54) is 0 Å². The third kappa shape index (κ3) is 3.24. The number of carboxylic acid groups (broad SMARTS) is 1. The van der Waals surface area contributed by atoms with Crippen molar-refractivity contribution in [1.82, 2.24) is 5.32 Å². The Morgan fingerprint density at radius 3 is 1.81 bits per heavy atom. The second-order valence-corrected chi connectivity index (χ2v) is 9.23. The van der Waals surface area contributed by atoms with Gasteiger partial charge in [0.2, 0.25) is 5.91 Å². The summed E-state index contributed by atoms with van der Waals surface area (Å²) in [4.78, 5) is 23.7. The van der Waals surface area contributed by atoms with E-state index in [-0.39, 0.29) is 28.7 Å². The van der Waals surface area contributed by atoms with E-state index in [1.807, 2.05) is 13.8 Å². The smallest absolute Gasteiger partial charge is 0.307 e. The Labute approximate surface area is 127 Å². The number of carboxylic acids is 1. The largest absolute Gasteiger partial charge is 0.481 e. The summed E-state index contributed by atoms with van der Waals surface area (Å²) >= 11 is 0. The van der Waals surface area contributed by atoms with Crippen molar-refractivity contribution in [2.24, 2.45) is 28.1 Å². The van der Waals surface area contributed by atoms with Gasteiger partial charge in [-0.25, -0.2) is 0 Å². The minimum Gasteiger partial charge on any atom is -0.481 e. The van der Waals surface area contributed by atoms with Crippen LogP contribution in [-0.2, 0) is 9.59 Å². The minimum absolute atomic E-state index is 0.0779. The Kier molecular flexibility index (Phi) is 3.67. The lowest BCUT2D eigenvalue weighted by atomic mass is 9.63. The monoisotopic (exact) mass is 295 g/mol. The average molecular weight is 295 g/mol. The number of carbonyl (C=O) groups excluding carboxylic acids is 1. The highest BCUT2D eigenvalue weighted by Gasteiger charge is 2.66. The molecule has 4 heteroatoms. The maximum Gasteiger partial charge on any atom is 0.307 e. The van der Waals surface area contributed by atoms with Crippen molar-refractivity contribution < 1.29 is 14.7 Å². The van der Waals surface area contributed by atoms with Gasteiger partial charge < -0.3 is 10.4 Å². The Balaban J connectivity index is 2.02. The van der Waals surface area contributed by atoms with Gasteiger partial charge in [0, 0.05) is 6.04 Å². The normalized spacial score (nSPS) is 33.2. The first kappa shape index (κ1) is 16.3. The second-order valence-electron chi connectivity index (χ2n) is 9.23. The molecule has 2 aliphatic rings. The molecule has 1 amide bonds. The van der Waals surface area contributed by atoms with Gasteiger partial charge in [0.15, 0.2) is 0 Å². The van der Waals surface area contributed by atoms with Gasteiger partial charge in [-0.2, -0.15) is 0 Å². The second kappa shape index (κ2) is 4.72. The zero-order valence-electron chi connectivity index (χ0n) is 14.1. The van der Waals surface area contributed by atoms with Crippen LogP contribution < -0.4 is 5.32 Å². The number of aliphatic carboxylic acids is 1. The first-order valence-corrected chi connectivity index (χ1v) is 7.89. The van der Waals surface area contributed by atoms with E-state index in [1.54, 1.807) is 0 Å². The highest BCUT2D eigenvalue weighted by atomic mass is 16.4. The fraction of sp³-hybridized carbons (Fsp3) is 0.882. The van der Waals surface area contributed by atoms with E-state index >= 15 is 0 Å². The van der Waals surface area contributed by atoms with Crippen molar-refractivity contribution in [3.8, 4) is 0 Å². The fourth-order valence-corrected chi connectivity index (χ4v) is 4.83. The number of nitrogens with one attached hydrogen (secondary N) is 1. The van der Waals surface area contributed by atoms with Gasteiger partial charge in [-0.15, -0.1) is 0 Å². The van der Waals surface area contributed by atoms with Crippen LogP contribution in [0.5, 0.6) is 0 Å². The molecule has 2 aliphatic carbocycles. The predicted octanol–water partition coefficient (Wildman–Crippen LogP) is 3.06. The van der Waals surface area contributed by atoms with Crippen LogP contribution >= 0.6 is 0 Å². The predicted molar refractivity (Wildman–Crippen MR) is 81.7 cm³/mol. The summed E-state index contributed by atoms with van der Waals surface area (Å²) in [6.07, 6.45) is 3.08. The number of amides is 1. The van der Waals surface area contributed by atoms with E-state index in [2.05, 4.69) is 33.0 Å². The van der Waals surface area contributed by atoms with Gasteiger partial charge in [0.25, 0.3) is 0 Å². The summed E-state index contributed by atoms with van der Waals surface area (Å²) in [5.74, 6) is -1.86. The van der Waals surface area contributed by atoms with Gasteiger partial charge in [-0.3, -0.25) is 9.59 Å². The Morgan fingerprint density at radius 1 is 0.952 bits per heavy atom. The lowest BCUT2D eigenvalue weighted by Gasteiger charge is -2.45. The number of hydrogen-bond donors (Lipinski definition) is 2. The van der Waals surface area contributed by atoms with Crippen molar-refractivity contribution in [3.05, 3.63) is 0 Å². The van der Waals surface area contributed by atoms with E-state index in [9.17, 15) is 14.7 Å². The molecule has 0 spiro atoms. The van der Waals surface area contributed by atoms with Gasteiger partial charge >= 0.3 is 5.97 Å². The Hall–Kier alpha value is -1.06. The van der Waals surface area contributed by atoms with Crippen LogP contribution in [-0.4, -0.2) is 23.0 Å². The van der Waals surface area contributed by atoms with E-state index in [4.69, 9.17) is 0 Å². The lowest BCUT2D eigenvalue weighted by Crippen LogP contribution is -2.46. The molecule has 2 fully saturated rings. The Bertz CT molecular complexity index is 449. The molecule has 0 aromatic carbocycles. The quantitative estimate of drug-likeness (QED) is 0.841. The molecule has 0 bridgehead atoms. The lowest BCUT2D eigenvalue weighted by molar-refractivity contribution is -0.140.